The maximum absolute atomic E-state index is 12.9. The molecule has 148 valence electrons. The molecule has 3 aliphatic rings. The van der Waals surface area contributed by atoms with Gasteiger partial charge in [0.1, 0.15) is 0 Å². The lowest BCUT2D eigenvalue weighted by molar-refractivity contribution is -0.161. The molecule has 1 N–H and O–H groups in total. The Morgan fingerprint density at radius 3 is 2.59 bits per heavy atom. The normalized spacial score (nSPS) is 32.3. The highest BCUT2D eigenvalue weighted by molar-refractivity contribution is 5.81. The average Bonchev–Trinajstić information content (AvgIpc) is 2.94. The van der Waals surface area contributed by atoms with E-state index in [1.165, 1.54) is 12.1 Å². The number of nitrogens with zero attached hydrogens (tertiary/aromatic N) is 1. The molecule has 1 spiro atoms. The van der Waals surface area contributed by atoms with E-state index in [1.807, 2.05) is 4.90 Å². The second-order valence-corrected chi connectivity index (χ2v) is 9.31. The Bertz CT molecular complexity index is 729. The number of carbonyl (C=O) groups is 1. The summed E-state index contributed by atoms with van der Waals surface area (Å²) in [6.07, 6.45) is 0.509. The molecule has 6 heteroatoms. The first kappa shape index (κ1) is 18.8. The minimum Gasteiger partial charge on any atom is -0.390 e. The van der Waals surface area contributed by atoms with Crippen LogP contribution < -0.4 is 0 Å². The van der Waals surface area contributed by atoms with Crippen LogP contribution in [0, 0.1) is 17.3 Å². The van der Waals surface area contributed by atoms with Gasteiger partial charge in [-0.3, -0.25) is 4.79 Å². The van der Waals surface area contributed by atoms with Gasteiger partial charge in [-0.25, -0.2) is 0 Å². The third kappa shape index (κ3) is 3.73. The van der Waals surface area contributed by atoms with Crippen LogP contribution in [0.2, 0.25) is 0 Å². The van der Waals surface area contributed by atoms with Crippen molar-refractivity contribution in [2.45, 2.75) is 57.2 Å². The van der Waals surface area contributed by atoms with E-state index in [2.05, 4.69) is 0 Å². The molecule has 1 heterocycles. The second-order valence-electron chi connectivity index (χ2n) is 9.31. The minimum absolute atomic E-state index is 0.0420. The van der Waals surface area contributed by atoms with Crippen molar-refractivity contribution in [1.29, 1.82) is 0 Å². The molecule has 3 nitrogen and oxygen atoms in total. The first-order valence-corrected chi connectivity index (χ1v) is 9.73. The van der Waals surface area contributed by atoms with Crippen molar-refractivity contribution in [2.24, 2.45) is 17.3 Å². The van der Waals surface area contributed by atoms with Gasteiger partial charge in [0.25, 0.3) is 0 Å². The van der Waals surface area contributed by atoms with Crippen molar-refractivity contribution in [1.82, 2.24) is 4.90 Å². The lowest BCUT2D eigenvalue weighted by Crippen LogP contribution is -2.61. The van der Waals surface area contributed by atoms with Crippen LogP contribution in [-0.4, -0.2) is 34.6 Å². The Balaban J connectivity index is 1.30. The van der Waals surface area contributed by atoms with Crippen LogP contribution in [0.5, 0.6) is 0 Å². The summed E-state index contributed by atoms with van der Waals surface area (Å²) < 4.78 is 38.6. The zero-order valence-electron chi connectivity index (χ0n) is 15.6. The number of halogens is 3. The molecular weight excluding hydrogens is 355 g/mol. The van der Waals surface area contributed by atoms with E-state index in [0.717, 1.165) is 44.0 Å². The van der Waals surface area contributed by atoms with Crippen molar-refractivity contribution in [2.75, 3.05) is 13.1 Å². The van der Waals surface area contributed by atoms with Gasteiger partial charge in [-0.05, 0) is 63.0 Å². The quantitative estimate of drug-likeness (QED) is 0.859. The Labute approximate surface area is 157 Å². The number of amides is 1. The van der Waals surface area contributed by atoms with Crippen molar-refractivity contribution in [3.8, 4) is 0 Å². The molecular formula is C21H26F3NO2. The van der Waals surface area contributed by atoms with Gasteiger partial charge in [0.2, 0.25) is 5.91 Å². The number of benzene rings is 1. The summed E-state index contributed by atoms with van der Waals surface area (Å²) in [7, 11) is 0. The van der Waals surface area contributed by atoms with Crippen molar-refractivity contribution in [3.63, 3.8) is 0 Å². The first-order chi connectivity index (χ1) is 12.6. The van der Waals surface area contributed by atoms with Crippen LogP contribution in [0.25, 0.3) is 0 Å². The molecule has 3 fully saturated rings. The van der Waals surface area contributed by atoms with Gasteiger partial charge in [-0.2, -0.15) is 13.2 Å². The summed E-state index contributed by atoms with van der Waals surface area (Å²) >= 11 is 0. The fraction of sp³-hybridized carbons (Fsp3) is 0.667. The number of hydrogen-bond acceptors (Lipinski definition) is 2. The van der Waals surface area contributed by atoms with Gasteiger partial charge in [0.05, 0.1) is 11.2 Å². The molecule has 1 aliphatic heterocycles. The van der Waals surface area contributed by atoms with Crippen LogP contribution in [0.4, 0.5) is 13.2 Å². The monoisotopic (exact) mass is 381 g/mol. The molecule has 4 rings (SSSR count). The second kappa shape index (κ2) is 6.23. The van der Waals surface area contributed by atoms with E-state index in [1.54, 1.807) is 13.0 Å². The summed E-state index contributed by atoms with van der Waals surface area (Å²) in [5, 5.41) is 9.81. The molecule has 27 heavy (non-hydrogen) atoms. The first-order valence-electron chi connectivity index (χ1n) is 9.73. The standard InChI is InChI=1S/C21H26F3NO2/c1-19(27)10-16(11-19)18(26)25-12-20(13-25)6-5-15(9-20)7-14-3-2-4-17(8-14)21(22,23)24/h2-4,8,15-16,27H,5-7,9-13H2,1H3/t15-,16?,19?/m1/s1. The van der Waals surface area contributed by atoms with Gasteiger partial charge in [-0.1, -0.05) is 18.2 Å². The molecule has 1 aromatic rings. The van der Waals surface area contributed by atoms with Gasteiger partial charge < -0.3 is 10.0 Å². The molecule has 0 radical (unpaired) electrons. The topological polar surface area (TPSA) is 40.5 Å². The van der Waals surface area contributed by atoms with Crippen molar-refractivity contribution >= 4 is 5.91 Å². The largest absolute Gasteiger partial charge is 0.416 e. The third-order valence-corrected chi connectivity index (χ3v) is 6.67. The Kier molecular flexibility index (Phi) is 4.33. The molecule has 2 aliphatic carbocycles. The summed E-state index contributed by atoms with van der Waals surface area (Å²) in [5.74, 6) is 0.503. The number of hydrogen-bond donors (Lipinski definition) is 1. The summed E-state index contributed by atoms with van der Waals surface area (Å²) in [6.45, 7) is 3.30. The maximum Gasteiger partial charge on any atom is 0.416 e. The van der Waals surface area contributed by atoms with Crippen LogP contribution in [-0.2, 0) is 17.4 Å². The zero-order valence-corrected chi connectivity index (χ0v) is 15.6. The molecule has 1 aromatic carbocycles. The van der Waals surface area contributed by atoms with Crippen LogP contribution in [0.1, 0.15) is 50.2 Å². The average molecular weight is 381 g/mol. The van der Waals surface area contributed by atoms with Gasteiger partial charge in [0, 0.05) is 24.4 Å². The van der Waals surface area contributed by atoms with Crippen molar-refractivity contribution in [3.05, 3.63) is 35.4 Å². The Hall–Kier alpha value is -1.56. The van der Waals surface area contributed by atoms with E-state index in [4.69, 9.17) is 0 Å². The predicted octanol–water partition coefficient (Wildman–Crippen LogP) is 4.04. The van der Waals surface area contributed by atoms with Gasteiger partial charge in [0.15, 0.2) is 0 Å². The number of carbonyl (C=O) groups excluding carboxylic acids is 1. The van der Waals surface area contributed by atoms with E-state index in [0.29, 0.717) is 25.2 Å². The summed E-state index contributed by atoms with van der Waals surface area (Å²) in [4.78, 5) is 14.4. The smallest absolute Gasteiger partial charge is 0.390 e. The molecule has 0 unspecified atom stereocenters. The summed E-state index contributed by atoms with van der Waals surface area (Å²) in [6, 6.07) is 5.65. The van der Waals surface area contributed by atoms with Crippen LogP contribution in [0.15, 0.2) is 24.3 Å². The molecule has 2 saturated carbocycles. The Morgan fingerprint density at radius 2 is 1.96 bits per heavy atom. The maximum atomic E-state index is 12.9. The number of rotatable bonds is 3. The van der Waals surface area contributed by atoms with Crippen LogP contribution in [0.3, 0.4) is 0 Å². The third-order valence-electron chi connectivity index (χ3n) is 6.67. The highest BCUT2D eigenvalue weighted by Gasteiger charge is 2.52. The van der Waals surface area contributed by atoms with E-state index in [9.17, 15) is 23.1 Å². The van der Waals surface area contributed by atoms with E-state index in [-0.39, 0.29) is 17.2 Å². The molecule has 1 saturated heterocycles. The molecule has 1 amide bonds. The minimum atomic E-state index is -4.30. The lowest BCUT2D eigenvalue weighted by atomic mass is 9.69. The lowest BCUT2D eigenvalue weighted by Gasteiger charge is -2.52. The molecule has 0 aromatic heterocycles. The van der Waals surface area contributed by atoms with Gasteiger partial charge >= 0.3 is 6.18 Å². The molecule has 1 atom stereocenters. The predicted molar refractivity (Wildman–Crippen MR) is 94.8 cm³/mol. The fourth-order valence-electron chi connectivity index (χ4n) is 5.35. The number of aliphatic hydroxyl groups is 1. The SMILES string of the molecule is CC1(O)CC(C(=O)N2CC3(CC[C@H](Cc4cccc(C(F)(F)F)c4)C3)C2)C1. The van der Waals surface area contributed by atoms with E-state index >= 15 is 0 Å². The Morgan fingerprint density at radius 1 is 1.26 bits per heavy atom. The highest BCUT2D eigenvalue weighted by atomic mass is 19.4. The zero-order chi connectivity index (χ0) is 19.4. The number of likely N-dealkylation sites (tertiary alicyclic amines) is 1. The van der Waals surface area contributed by atoms with Crippen LogP contribution >= 0.6 is 0 Å². The van der Waals surface area contributed by atoms with Crippen molar-refractivity contribution < 1.29 is 23.1 Å². The summed E-state index contributed by atoms with van der Waals surface area (Å²) in [5.41, 5.74) is -0.360. The van der Waals surface area contributed by atoms with E-state index < -0.39 is 17.3 Å². The van der Waals surface area contributed by atoms with Gasteiger partial charge in [-0.15, -0.1) is 0 Å². The molecule has 0 bridgehead atoms. The highest BCUT2D eigenvalue weighted by Crippen LogP contribution is 2.50. The number of alkyl halides is 3. The fourth-order valence-corrected chi connectivity index (χ4v) is 5.35.